The lowest BCUT2D eigenvalue weighted by molar-refractivity contribution is -0.231. The zero-order chi connectivity index (χ0) is 23.4. The van der Waals surface area contributed by atoms with Crippen LogP contribution in [0.2, 0.25) is 0 Å². The van der Waals surface area contributed by atoms with E-state index in [1.165, 1.54) is 0 Å². The maximum absolute atomic E-state index is 13.0. The van der Waals surface area contributed by atoms with Crippen LogP contribution in [0.3, 0.4) is 0 Å². The molecule has 5 rings (SSSR count). The molecule has 2 N–H and O–H groups in total. The van der Waals surface area contributed by atoms with Crippen LogP contribution >= 0.6 is 0 Å². The Hall–Kier alpha value is -2.56. The lowest BCUT2D eigenvalue weighted by Gasteiger charge is -2.36. The number of carbonyl (C=O) groups excluding carboxylic acids is 2. The van der Waals surface area contributed by atoms with Gasteiger partial charge in [-0.05, 0) is 39.1 Å². The normalized spacial score (nSPS) is 31.6. The fraction of sp³-hybridized carbons (Fsp3) is 0.500. The average molecular weight is 456 g/mol. The van der Waals surface area contributed by atoms with Crippen molar-refractivity contribution >= 4 is 28.3 Å². The van der Waals surface area contributed by atoms with E-state index in [2.05, 4.69) is 10.6 Å². The van der Waals surface area contributed by atoms with Crippen molar-refractivity contribution in [1.29, 1.82) is 0 Å². The van der Waals surface area contributed by atoms with Crippen molar-refractivity contribution in [3.8, 4) is 0 Å². The third-order valence-electron chi connectivity index (χ3n) is 5.90. The highest BCUT2D eigenvalue weighted by Gasteiger charge is 2.62. The SMILES string of the molecule is CC1(C)O[C@H]2[C@@H](O1)[C@H](C(=O)NCC(=O)Nc1cccc3ccccc13)O[C@@H]1OC(C)(C)O[C@@H]12. The summed E-state index contributed by atoms with van der Waals surface area (Å²) in [7, 11) is 0. The highest BCUT2D eigenvalue weighted by atomic mass is 16.9. The van der Waals surface area contributed by atoms with Gasteiger partial charge < -0.3 is 34.3 Å². The van der Waals surface area contributed by atoms with Crippen LogP contribution in [0.1, 0.15) is 27.7 Å². The minimum atomic E-state index is -1.01. The number of hydrogen-bond acceptors (Lipinski definition) is 7. The van der Waals surface area contributed by atoms with E-state index in [9.17, 15) is 9.59 Å². The van der Waals surface area contributed by atoms with Gasteiger partial charge in [-0.2, -0.15) is 0 Å². The minimum absolute atomic E-state index is 0.222. The molecule has 0 aromatic heterocycles. The van der Waals surface area contributed by atoms with Crippen molar-refractivity contribution in [2.75, 3.05) is 11.9 Å². The van der Waals surface area contributed by atoms with E-state index in [1.54, 1.807) is 27.7 Å². The molecule has 33 heavy (non-hydrogen) atoms. The first kappa shape index (κ1) is 22.2. The summed E-state index contributed by atoms with van der Waals surface area (Å²) in [6.45, 7) is 6.87. The molecule has 9 heteroatoms. The van der Waals surface area contributed by atoms with Crippen molar-refractivity contribution in [2.45, 2.75) is 70.0 Å². The highest BCUT2D eigenvalue weighted by molar-refractivity contribution is 6.03. The molecule has 3 heterocycles. The predicted molar refractivity (Wildman–Crippen MR) is 118 cm³/mol. The molecule has 0 saturated carbocycles. The van der Waals surface area contributed by atoms with Gasteiger partial charge in [0.1, 0.15) is 18.3 Å². The summed E-state index contributed by atoms with van der Waals surface area (Å²) in [5.41, 5.74) is 0.678. The van der Waals surface area contributed by atoms with Crippen LogP contribution in [0, 0.1) is 0 Å². The lowest BCUT2D eigenvalue weighted by atomic mass is 9.98. The molecule has 0 radical (unpaired) electrons. The zero-order valence-electron chi connectivity index (χ0n) is 19.0. The van der Waals surface area contributed by atoms with Crippen LogP contribution in [0.15, 0.2) is 42.5 Å². The number of anilines is 1. The third-order valence-corrected chi connectivity index (χ3v) is 5.90. The number of carbonyl (C=O) groups is 2. The Morgan fingerprint density at radius 1 is 0.848 bits per heavy atom. The van der Waals surface area contributed by atoms with E-state index in [0.29, 0.717) is 5.69 Å². The fourth-order valence-corrected chi connectivity index (χ4v) is 4.62. The molecule has 3 fully saturated rings. The Labute approximate surface area is 191 Å². The number of fused-ring (bicyclic) bond motifs is 4. The minimum Gasteiger partial charge on any atom is -0.345 e. The van der Waals surface area contributed by atoms with E-state index < -0.39 is 48.2 Å². The number of nitrogens with one attached hydrogen (secondary N) is 2. The van der Waals surface area contributed by atoms with Crippen LogP contribution in [0.25, 0.3) is 10.8 Å². The number of rotatable bonds is 4. The first-order chi connectivity index (χ1) is 15.6. The average Bonchev–Trinajstić information content (AvgIpc) is 3.25. The number of ether oxygens (including phenoxy) is 5. The van der Waals surface area contributed by atoms with Crippen LogP contribution in [0.5, 0.6) is 0 Å². The first-order valence-corrected chi connectivity index (χ1v) is 11.0. The standard InChI is InChI=1S/C24H28N2O7/c1-23(2)30-17-18(31-23)20-22(33-24(3,4)32-20)29-19(17)21(28)25-12-16(27)26-15-11-7-9-13-8-5-6-10-14(13)15/h5-11,17-20,22H,12H2,1-4H3,(H,25,28)(H,26,27)/t17-,18+,19-,20-,22-/m1/s1. The zero-order valence-corrected chi connectivity index (χ0v) is 19.0. The molecule has 3 aliphatic rings. The summed E-state index contributed by atoms with van der Waals surface area (Å²) < 4.78 is 29.7. The molecule has 0 aliphatic carbocycles. The molecule has 5 atom stereocenters. The van der Waals surface area contributed by atoms with E-state index in [1.807, 2.05) is 42.5 Å². The molecule has 0 spiro atoms. The molecule has 0 bridgehead atoms. The Morgan fingerprint density at radius 2 is 1.52 bits per heavy atom. The molecule has 3 saturated heterocycles. The largest absolute Gasteiger partial charge is 0.345 e. The van der Waals surface area contributed by atoms with E-state index >= 15 is 0 Å². The van der Waals surface area contributed by atoms with Gasteiger partial charge in [0.15, 0.2) is 24.0 Å². The van der Waals surface area contributed by atoms with Gasteiger partial charge in [0.05, 0.1) is 6.54 Å². The van der Waals surface area contributed by atoms with E-state index in [-0.39, 0.29) is 12.5 Å². The van der Waals surface area contributed by atoms with Crippen LogP contribution in [-0.2, 0) is 33.3 Å². The maximum atomic E-state index is 13.0. The van der Waals surface area contributed by atoms with Crippen molar-refractivity contribution in [3.05, 3.63) is 42.5 Å². The molecule has 3 aliphatic heterocycles. The summed E-state index contributed by atoms with van der Waals surface area (Å²) in [5.74, 6) is -2.62. The number of benzene rings is 2. The Bertz CT molecular complexity index is 1080. The van der Waals surface area contributed by atoms with Gasteiger partial charge in [-0.1, -0.05) is 36.4 Å². The molecule has 9 nitrogen and oxygen atoms in total. The third kappa shape index (κ3) is 4.34. The Kier molecular flexibility index (Phi) is 5.42. The second-order valence-electron chi connectivity index (χ2n) is 9.38. The molecular weight excluding hydrogens is 428 g/mol. The van der Waals surface area contributed by atoms with E-state index in [4.69, 9.17) is 23.7 Å². The lowest BCUT2D eigenvalue weighted by Crippen LogP contribution is -2.59. The van der Waals surface area contributed by atoms with Crippen molar-refractivity contribution in [1.82, 2.24) is 5.32 Å². The smallest absolute Gasteiger partial charge is 0.252 e. The van der Waals surface area contributed by atoms with E-state index in [0.717, 1.165) is 10.8 Å². The maximum Gasteiger partial charge on any atom is 0.252 e. The fourth-order valence-electron chi connectivity index (χ4n) is 4.62. The Morgan fingerprint density at radius 3 is 2.33 bits per heavy atom. The first-order valence-electron chi connectivity index (χ1n) is 11.0. The van der Waals surface area contributed by atoms with Gasteiger partial charge in [0, 0.05) is 11.1 Å². The molecule has 2 amide bonds. The summed E-state index contributed by atoms with van der Waals surface area (Å²) in [5, 5.41) is 7.44. The molecule has 2 aromatic carbocycles. The number of hydrogen-bond donors (Lipinski definition) is 2. The van der Waals surface area contributed by atoms with Gasteiger partial charge in [-0.3, -0.25) is 9.59 Å². The molecule has 0 unspecified atom stereocenters. The van der Waals surface area contributed by atoms with Crippen molar-refractivity contribution < 1.29 is 33.3 Å². The van der Waals surface area contributed by atoms with Crippen LogP contribution in [-0.4, -0.2) is 60.6 Å². The predicted octanol–water partition coefficient (Wildman–Crippen LogP) is 2.29. The van der Waals surface area contributed by atoms with Gasteiger partial charge in [0.2, 0.25) is 5.91 Å². The summed E-state index contributed by atoms with van der Waals surface area (Å²) >= 11 is 0. The van der Waals surface area contributed by atoms with Gasteiger partial charge in [0.25, 0.3) is 5.91 Å². The van der Waals surface area contributed by atoms with Crippen molar-refractivity contribution in [3.63, 3.8) is 0 Å². The summed E-state index contributed by atoms with van der Waals surface area (Å²) in [4.78, 5) is 25.6. The summed E-state index contributed by atoms with van der Waals surface area (Å²) in [6, 6.07) is 13.4. The topological polar surface area (TPSA) is 104 Å². The molecular formula is C24H28N2O7. The van der Waals surface area contributed by atoms with Crippen LogP contribution < -0.4 is 10.6 Å². The van der Waals surface area contributed by atoms with Crippen LogP contribution in [0.4, 0.5) is 5.69 Å². The molecule has 176 valence electrons. The number of amides is 2. The Balaban J connectivity index is 1.26. The quantitative estimate of drug-likeness (QED) is 0.727. The highest BCUT2D eigenvalue weighted by Crippen LogP contribution is 2.44. The second-order valence-corrected chi connectivity index (χ2v) is 9.38. The monoisotopic (exact) mass is 456 g/mol. The molecule has 2 aromatic rings. The van der Waals surface area contributed by atoms with Crippen molar-refractivity contribution in [2.24, 2.45) is 0 Å². The van der Waals surface area contributed by atoms with Gasteiger partial charge in [-0.25, -0.2) is 0 Å². The van der Waals surface area contributed by atoms with Gasteiger partial charge >= 0.3 is 0 Å². The second kappa shape index (κ2) is 8.03. The van der Waals surface area contributed by atoms with Gasteiger partial charge in [-0.15, -0.1) is 0 Å². The summed E-state index contributed by atoms with van der Waals surface area (Å²) in [6.07, 6.45) is -3.55.